The van der Waals surface area contributed by atoms with Crippen molar-refractivity contribution in [3.8, 4) is 11.4 Å². The lowest BCUT2D eigenvalue weighted by molar-refractivity contribution is -0.113. The second-order valence-electron chi connectivity index (χ2n) is 8.40. The van der Waals surface area contributed by atoms with Crippen LogP contribution in [0.5, 0.6) is 5.75 Å². The maximum atomic E-state index is 12.9. The molecule has 1 aromatic heterocycles. The Kier molecular flexibility index (Phi) is 9.09. The van der Waals surface area contributed by atoms with Crippen molar-refractivity contribution < 1.29 is 14.3 Å². The van der Waals surface area contributed by atoms with Crippen LogP contribution in [0.2, 0.25) is 5.02 Å². The number of aryl methyl sites for hydroxylation is 2. The molecule has 196 valence electrons. The molecule has 0 saturated carbocycles. The molecule has 8 nitrogen and oxygen atoms in total. The minimum absolute atomic E-state index is 0.112. The summed E-state index contributed by atoms with van der Waals surface area (Å²) in [6.07, 6.45) is 0. The fourth-order valence-electron chi connectivity index (χ4n) is 3.64. The summed E-state index contributed by atoms with van der Waals surface area (Å²) in [6.45, 7) is 4.10. The van der Waals surface area contributed by atoms with Gasteiger partial charge in [0.25, 0.3) is 5.91 Å². The van der Waals surface area contributed by atoms with Crippen molar-refractivity contribution in [1.82, 2.24) is 20.1 Å². The molecule has 0 bridgehead atoms. The highest BCUT2D eigenvalue weighted by Gasteiger charge is 2.19. The van der Waals surface area contributed by atoms with Crippen LogP contribution in [0.3, 0.4) is 0 Å². The molecule has 38 heavy (non-hydrogen) atoms. The van der Waals surface area contributed by atoms with Crippen molar-refractivity contribution in [2.75, 3.05) is 18.2 Å². The molecule has 0 aliphatic carbocycles. The van der Waals surface area contributed by atoms with Gasteiger partial charge in [-0.25, -0.2) is 0 Å². The van der Waals surface area contributed by atoms with Crippen LogP contribution in [-0.4, -0.2) is 39.4 Å². The van der Waals surface area contributed by atoms with Gasteiger partial charge >= 0.3 is 0 Å². The quantitative estimate of drug-likeness (QED) is 0.226. The molecule has 0 radical (unpaired) electrons. The highest BCUT2D eigenvalue weighted by Crippen LogP contribution is 2.26. The zero-order valence-corrected chi connectivity index (χ0v) is 24.1. The predicted octanol–water partition coefficient (Wildman–Crippen LogP) is 5.97. The zero-order valence-electron chi connectivity index (χ0n) is 20.9. The number of nitrogens with zero attached hydrogens (tertiary/aromatic N) is 3. The van der Waals surface area contributed by atoms with Gasteiger partial charge in [0.15, 0.2) is 11.0 Å². The topological polar surface area (TPSA) is 98.1 Å². The van der Waals surface area contributed by atoms with Crippen LogP contribution in [0.4, 0.5) is 5.69 Å². The van der Waals surface area contributed by atoms with Crippen LogP contribution in [0.25, 0.3) is 5.69 Å². The normalized spacial score (nSPS) is 10.8. The summed E-state index contributed by atoms with van der Waals surface area (Å²) < 4.78 is 7.77. The maximum absolute atomic E-state index is 12.9. The molecular formula is C27H25BrClN5O3S. The number of nitrogens with one attached hydrogen (secondary N) is 2. The Hall–Kier alpha value is -3.34. The smallest absolute Gasteiger partial charge is 0.253 e. The third-order valence-corrected chi connectivity index (χ3v) is 7.34. The van der Waals surface area contributed by atoms with E-state index in [2.05, 4.69) is 36.8 Å². The van der Waals surface area contributed by atoms with E-state index in [0.717, 1.165) is 21.3 Å². The number of rotatable bonds is 9. The lowest BCUT2D eigenvalue weighted by Gasteiger charge is -2.14. The van der Waals surface area contributed by atoms with Crippen molar-refractivity contribution in [3.63, 3.8) is 0 Å². The second-order valence-corrected chi connectivity index (χ2v) is 10.7. The third kappa shape index (κ3) is 6.75. The van der Waals surface area contributed by atoms with Gasteiger partial charge in [0, 0.05) is 10.2 Å². The Morgan fingerprint density at radius 2 is 1.82 bits per heavy atom. The zero-order chi connectivity index (χ0) is 27.2. The molecule has 0 atom stereocenters. The highest BCUT2D eigenvalue weighted by atomic mass is 79.9. The van der Waals surface area contributed by atoms with Gasteiger partial charge in [-0.3, -0.25) is 14.2 Å². The average Bonchev–Trinajstić information content (AvgIpc) is 3.31. The van der Waals surface area contributed by atoms with Crippen LogP contribution in [0.1, 0.15) is 27.3 Å². The molecule has 0 aliphatic rings. The summed E-state index contributed by atoms with van der Waals surface area (Å²) in [5.74, 6) is 0.835. The number of halogens is 2. The van der Waals surface area contributed by atoms with Crippen molar-refractivity contribution in [3.05, 3.63) is 92.7 Å². The average molecular weight is 615 g/mol. The number of methoxy groups -OCH3 is 1. The Balaban J connectivity index is 1.54. The number of hydrogen-bond donors (Lipinski definition) is 2. The molecule has 4 aromatic rings. The second kappa shape index (κ2) is 12.5. The Bertz CT molecular complexity index is 1480. The van der Waals surface area contributed by atoms with Crippen molar-refractivity contribution in [2.45, 2.75) is 25.5 Å². The summed E-state index contributed by atoms with van der Waals surface area (Å²) in [4.78, 5) is 25.5. The lowest BCUT2D eigenvalue weighted by Crippen LogP contribution is -2.25. The fourth-order valence-corrected chi connectivity index (χ4v) is 4.97. The van der Waals surface area contributed by atoms with Gasteiger partial charge in [0.2, 0.25) is 5.91 Å². The summed E-state index contributed by atoms with van der Waals surface area (Å²) in [5, 5.41) is 15.3. The number of carbonyl (C=O) groups is 2. The van der Waals surface area contributed by atoms with Gasteiger partial charge in [-0.1, -0.05) is 51.4 Å². The number of thioether (sulfide) groups is 1. The van der Waals surface area contributed by atoms with E-state index in [1.807, 2.05) is 36.6 Å². The standard InChI is InChI=1S/C27H25BrClN5O3S/c1-16-4-5-17(2)23(12-16)34-24(14-30-26(36)21-13-18(28)6-11-22(21)29)32-33-27(34)38-15-25(35)31-19-7-9-20(37-3)10-8-19/h4-13H,14-15H2,1-3H3,(H,30,36)(H,31,35). The Labute approximate surface area is 238 Å². The Morgan fingerprint density at radius 1 is 1.05 bits per heavy atom. The monoisotopic (exact) mass is 613 g/mol. The number of anilines is 1. The van der Waals surface area contributed by atoms with Crippen LogP contribution in [0.15, 0.2) is 70.3 Å². The number of aromatic nitrogens is 3. The minimum Gasteiger partial charge on any atom is -0.497 e. The van der Waals surface area contributed by atoms with Gasteiger partial charge in [-0.05, 0) is 73.5 Å². The first kappa shape index (κ1) is 27.7. The summed E-state index contributed by atoms with van der Waals surface area (Å²) >= 11 is 10.9. The molecule has 2 N–H and O–H groups in total. The number of carbonyl (C=O) groups excluding carboxylic acids is 2. The first-order valence-electron chi connectivity index (χ1n) is 11.6. The molecule has 11 heteroatoms. The molecule has 3 aromatic carbocycles. The molecule has 0 aliphatic heterocycles. The minimum atomic E-state index is -0.333. The van der Waals surface area contributed by atoms with Crippen LogP contribution >= 0.6 is 39.3 Å². The summed E-state index contributed by atoms with van der Waals surface area (Å²) in [7, 11) is 1.59. The highest BCUT2D eigenvalue weighted by molar-refractivity contribution is 9.10. The molecule has 2 amide bonds. The SMILES string of the molecule is COc1ccc(NC(=O)CSc2nnc(CNC(=O)c3cc(Br)ccc3Cl)n2-c2cc(C)ccc2C)cc1. The van der Waals surface area contributed by atoms with Crippen molar-refractivity contribution >= 4 is 56.8 Å². The lowest BCUT2D eigenvalue weighted by atomic mass is 10.1. The van der Waals surface area contributed by atoms with Crippen LogP contribution in [0, 0.1) is 13.8 Å². The number of amides is 2. The van der Waals surface area contributed by atoms with E-state index in [9.17, 15) is 9.59 Å². The van der Waals surface area contributed by atoms with Crippen LogP contribution in [-0.2, 0) is 11.3 Å². The van der Waals surface area contributed by atoms with E-state index in [1.165, 1.54) is 11.8 Å². The van der Waals surface area contributed by atoms with Gasteiger partial charge in [0.05, 0.1) is 35.7 Å². The van der Waals surface area contributed by atoms with Crippen molar-refractivity contribution in [2.24, 2.45) is 0 Å². The largest absolute Gasteiger partial charge is 0.497 e. The third-order valence-electron chi connectivity index (χ3n) is 5.59. The van der Waals surface area contributed by atoms with Gasteiger partial charge in [0.1, 0.15) is 5.75 Å². The van der Waals surface area contributed by atoms with E-state index in [4.69, 9.17) is 16.3 Å². The van der Waals surface area contributed by atoms with E-state index in [1.54, 1.807) is 49.6 Å². The van der Waals surface area contributed by atoms with Crippen LogP contribution < -0.4 is 15.4 Å². The van der Waals surface area contributed by atoms with E-state index < -0.39 is 0 Å². The predicted molar refractivity (Wildman–Crippen MR) is 154 cm³/mol. The fraction of sp³-hybridized carbons (Fsp3) is 0.185. The Morgan fingerprint density at radius 3 is 2.55 bits per heavy atom. The molecule has 0 spiro atoms. The van der Waals surface area contributed by atoms with E-state index in [0.29, 0.717) is 33.0 Å². The van der Waals surface area contributed by atoms with Gasteiger partial charge in [-0.15, -0.1) is 10.2 Å². The van der Waals surface area contributed by atoms with Gasteiger partial charge in [-0.2, -0.15) is 0 Å². The first-order valence-corrected chi connectivity index (χ1v) is 13.7. The molecule has 0 fully saturated rings. The molecule has 0 saturated heterocycles. The molecular weight excluding hydrogens is 590 g/mol. The number of hydrogen-bond acceptors (Lipinski definition) is 6. The maximum Gasteiger partial charge on any atom is 0.253 e. The molecule has 1 heterocycles. The van der Waals surface area contributed by atoms with Gasteiger partial charge < -0.3 is 15.4 Å². The number of benzene rings is 3. The summed E-state index contributed by atoms with van der Waals surface area (Å²) in [6, 6.07) is 18.3. The molecule has 0 unspecified atom stereocenters. The van der Waals surface area contributed by atoms with E-state index >= 15 is 0 Å². The first-order chi connectivity index (χ1) is 18.2. The number of ether oxygens (including phenoxy) is 1. The van der Waals surface area contributed by atoms with Crippen molar-refractivity contribution in [1.29, 1.82) is 0 Å². The summed E-state index contributed by atoms with van der Waals surface area (Å²) in [5.41, 5.74) is 3.95. The van der Waals surface area contributed by atoms with E-state index in [-0.39, 0.29) is 24.1 Å². The molecule has 4 rings (SSSR count).